The molecule has 2 N–H and O–H groups in total. The van der Waals surface area contributed by atoms with Crippen LogP contribution in [0.4, 0.5) is 17.1 Å². The van der Waals surface area contributed by atoms with Crippen molar-refractivity contribution in [2.24, 2.45) is 10.2 Å². The number of anilines is 3. The summed E-state index contributed by atoms with van der Waals surface area (Å²) in [6, 6.07) is 18.5. The quantitative estimate of drug-likeness (QED) is 0.728. The molecule has 110 valence electrons. The van der Waals surface area contributed by atoms with Gasteiger partial charge in [-0.25, -0.2) is 0 Å². The monoisotopic (exact) mass is 282 g/mol. The van der Waals surface area contributed by atoms with Gasteiger partial charge in [-0.3, -0.25) is 0 Å². The topological polar surface area (TPSA) is 48.8 Å². The minimum atomic E-state index is -0.0275. The summed E-state index contributed by atoms with van der Waals surface area (Å²) in [5.74, 6) is 0. The van der Waals surface area contributed by atoms with E-state index in [9.17, 15) is 0 Å². The van der Waals surface area contributed by atoms with E-state index in [1.807, 2.05) is 75.4 Å². The van der Waals surface area contributed by atoms with Crippen molar-refractivity contribution in [3.63, 3.8) is 0 Å². The van der Waals surface area contributed by atoms with Gasteiger partial charge in [0.2, 0.25) is 0 Å². The minimum Gasteiger partial charge on any atom is -0.363 e. The van der Waals surface area contributed by atoms with Crippen LogP contribution in [0.3, 0.4) is 0 Å². The van der Waals surface area contributed by atoms with Crippen LogP contribution in [-0.4, -0.2) is 12.2 Å². The average molecular weight is 282 g/mol. The fraction of sp³-hybridized carbons (Fsp3) is 0.294. The summed E-state index contributed by atoms with van der Waals surface area (Å²) >= 11 is 0. The summed E-state index contributed by atoms with van der Waals surface area (Å²) in [4.78, 5) is 0. The largest absolute Gasteiger partial charge is 0.363 e. The van der Waals surface area contributed by atoms with Gasteiger partial charge in [-0.2, -0.15) is 10.2 Å². The molecule has 4 heteroatoms. The van der Waals surface area contributed by atoms with Crippen LogP contribution in [0.5, 0.6) is 0 Å². The van der Waals surface area contributed by atoms with Gasteiger partial charge in [0.15, 0.2) is 0 Å². The molecular formula is C17H22N4. The molecule has 0 aliphatic carbocycles. The molecule has 0 aliphatic heterocycles. The number of nitrogens with one attached hydrogen (secondary N) is 2. The Morgan fingerprint density at radius 3 is 1.90 bits per heavy atom. The van der Waals surface area contributed by atoms with E-state index in [1.54, 1.807) is 0 Å². The third kappa shape index (κ3) is 5.26. The zero-order chi connectivity index (χ0) is 15.1. The zero-order valence-electron chi connectivity index (χ0n) is 12.7. The number of rotatable bonds is 6. The molecule has 2 rings (SSSR count). The second-order valence-corrected chi connectivity index (χ2v) is 5.21. The third-order valence-electron chi connectivity index (χ3n) is 2.79. The van der Waals surface area contributed by atoms with Crippen LogP contribution in [0.15, 0.2) is 64.8 Å². The molecule has 2 aromatic carbocycles. The number of para-hydroxylation sites is 1. The highest BCUT2D eigenvalue weighted by atomic mass is 15.2. The number of hydrogen-bond acceptors (Lipinski definition) is 4. The minimum absolute atomic E-state index is 0.0275. The maximum absolute atomic E-state index is 4.21. The lowest BCUT2D eigenvalue weighted by molar-refractivity contribution is 0.686. The normalized spacial score (nSPS) is 12.6. The molecule has 0 aliphatic rings. The van der Waals surface area contributed by atoms with Crippen molar-refractivity contribution in [3.05, 3.63) is 54.6 Å². The summed E-state index contributed by atoms with van der Waals surface area (Å²) in [7, 11) is 0. The van der Waals surface area contributed by atoms with Crippen LogP contribution in [-0.2, 0) is 0 Å². The molecule has 0 radical (unpaired) electrons. The molecule has 1 unspecified atom stereocenters. The van der Waals surface area contributed by atoms with E-state index in [-0.39, 0.29) is 12.2 Å². The Morgan fingerprint density at radius 1 is 0.714 bits per heavy atom. The lowest BCUT2D eigenvalue weighted by Gasteiger charge is -2.12. The van der Waals surface area contributed by atoms with Gasteiger partial charge in [0.1, 0.15) is 6.17 Å². The Labute approximate surface area is 126 Å². The smallest absolute Gasteiger partial charge is 0.136 e. The first-order chi connectivity index (χ1) is 10.1. The SMILES string of the molecule is CC(C)N=NC(C)Nc1ccc(Nc2ccccc2)cc1. The second kappa shape index (κ2) is 7.43. The highest BCUT2D eigenvalue weighted by molar-refractivity contribution is 5.62. The maximum Gasteiger partial charge on any atom is 0.136 e. The Bertz CT molecular complexity index is 561. The van der Waals surface area contributed by atoms with Crippen LogP contribution >= 0.6 is 0 Å². The van der Waals surface area contributed by atoms with Crippen molar-refractivity contribution < 1.29 is 0 Å². The first kappa shape index (κ1) is 15.0. The summed E-state index contributed by atoms with van der Waals surface area (Å²) in [6.45, 7) is 6.02. The fourth-order valence-electron chi connectivity index (χ4n) is 1.84. The van der Waals surface area contributed by atoms with Gasteiger partial charge in [0, 0.05) is 17.1 Å². The number of benzene rings is 2. The zero-order valence-corrected chi connectivity index (χ0v) is 12.7. The number of nitrogens with zero attached hydrogens (tertiary/aromatic N) is 2. The van der Waals surface area contributed by atoms with Crippen molar-refractivity contribution in [2.75, 3.05) is 10.6 Å². The molecule has 1 atom stereocenters. The summed E-state index contributed by atoms with van der Waals surface area (Å²) in [5, 5.41) is 15.0. The predicted molar refractivity (Wildman–Crippen MR) is 89.2 cm³/mol. The van der Waals surface area contributed by atoms with Gasteiger partial charge < -0.3 is 10.6 Å². The lowest BCUT2D eigenvalue weighted by atomic mass is 10.2. The summed E-state index contributed by atoms with van der Waals surface area (Å²) in [6.07, 6.45) is -0.0275. The van der Waals surface area contributed by atoms with E-state index in [1.165, 1.54) is 0 Å². The van der Waals surface area contributed by atoms with Gasteiger partial charge in [-0.1, -0.05) is 18.2 Å². The molecule has 0 saturated carbocycles. The second-order valence-electron chi connectivity index (χ2n) is 5.21. The van der Waals surface area contributed by atoms with E-state index in [4.69, 9.17) is 0 Å². The Kier molecular flexibility index (Phi) is 5.32. The van der Waals surface area contributed by atoms with Gasteiger partial charge in [-0.05, 0) is 57.2 Å². The van der Waals surface area contributed by atoms with Crippen molar-refractivity contribution in [1.29, 1.82) is 0 Å². The van der Waals surface area contributed by atoms with Crippen LogP contribution in [0.25, 0.3) is 0 Å². The molecule has 0 bridgehead atoms. The lowest BCUT2D eigenvalue weighted by Crippen LogP contribution is -2.11. The molecule has 21 heavy (non-hydrogen) atoms. The molecule has 4 nitrogen and oxygen atoms in total. The Morgan fingerprint density at radius 2 is 1.29 bits per heavy atom. The molecule has 0 amide bonds. The molecule has 0 fully saturated rings. The predicted octanol–water partition coefficient (Wildman–Crippen LogP) is 5.05. The first-order valence-electron chi connectivity index (χ1n) is 7.22. The molecule has 0 heterocycles. The van der Waals surface area contributed by atoms with Crippen LogP contribution in [0.1, 0.15) is 20.8 Å². The molecule has 0 saturated heterocycles. The van der Waals surface area contributed by atoms with Gasteiger partial charge in [0.25, 0.3) is 0 Å². The van der Waals surface area contributed by atoms with Crippen molar-refractivity contribution in [3.8, 4) is 0 Å². The summed E-state index contributed by atoms with van der Waals surface area (Å²) in [5.41, 5.74) is 3.17. The standard InChI is InChI=1S/C17H22N4/c1-13(2)20-21-14(3)18-16-9-11-17(12-10-16)19-15-7-5-4-6-8-15/h4-14,18-19H,1-3H3. The van der Waals surface area contributed by atoms with E-state index in [0.29, 0.717) is 0 Å². The van der Waals surface area contributed by atoms with Crippen molar-refractivity contribution in [1.82, 2.24) is 0 Å². The Balaban J connectivity index is 1.93. The van der Waals surface area contributed by atoms with E-state index in [0.717, 1.165) is 17.1 Å². The first-order valence-corrected chi connectivity index (χ1v) is 7.22. The molecular weight excluding hydrogens is 260 g/mol. The van der Waals surface area contributed by atoms with Crippen molar-refractivity contribution in [2.45, 2.75) is 33.0 Å². The van der Waals surface area contributed by atoms with Crippen LogP contribution in [0, 0.1) is 0 Å². The van der Waals surface area contributed by atoms with Crippen molar-refractivity contribution >= 4 is 17.1 Å². The highest BCUT2D eigenvalue weighted by Crippen LogP contribution is 2.19. The molecule has 2 aromatic rings. The number of hydrogen-bond donors (Lipinski definition) is 2. The summed E-state index contributed by atoms with van der Waals surface area (Å²) < 4.78 is 0. The van der Waals surface area contributed by atoms with Gasteiger partial charge in [-0.15, -0.1) is 0 Å². The maximum atomic E-state index is 4.21. The van der Waals surface area contributed by atoms with Gasteiger partial charge in [0.05, 0.1) is 6.04 Å². The average Bonchev–Trinajstić information content (AvgIpc) is 2.48. The van der Waals surface area contributed by atoms with Gasteiger partial charge >= 0.3 is 0 Å². The third-order valence-corrected chi connectivity index (χ3v) is 2.79. The number of azo groups is 1. The van der Waals surface area contributed by atoms with Crippen LogP contribution in [0.2, 0.25) is 0 Å². The molecule has 0 aromatic heterocycles. The fourth-order valence-corrected chi connectivity index (χ4v) is 1.84. The highest BCUT2D eigenvalue weighted by Gasteiger charge is 2.00. The Hall–Kier alpha value is -2.36. The van der Waals surface area contributed by atoms with E-state index in [2.05, 4.69) is 20.9 Å². The van der Waals surface area contributed by atoms with Crippen LogP contribution < -0.4 is 10.6 Å². The molecule has 0 spiro atoms. The van der Waals surface area contributed by atoms with E-state index < -0.39 is 0 Å². The van der Waals surface area contributed by atoms with E-state index >= 15 is 0 Å².